The van der Waals surface area contributed by atoms with Gasteiger partial charge in [0.2, 0.25) is 0 Å². The van der Waals surface area contributed by atoms with Crippen molar-refractivity contribution in [3.8, 4) is 11.5 Å². The van der Waals surface area contributed by atoms with E-state index in [-0.39, 0.29) is 0 Å². The van der Waals surface area contributed by atoms with E-state index in [0.29, 0.717) is 0 Å². The van der Waals surface area contributed by atoms with E-state index < -0.39 is 0 Å². The normalized spacial score (nSPS) is 15.4. The van der Waals surface area contributed by atoms with Crippen LogP contribution in [0.4, 0.5) is 5.82 Å². The molecule has 1 aromatic carbocycles. The molecule has 0 aliphatic carbocycles. The van der Waals surface area contributed by atoms with Crippen LogP contribution in [0.1, 0.15) is 5.56 Å². The van der Waals surface area contributed by atoms with Crippen molar-refractivity contribution in [3.05, 3.63) is 46.6 Å². The van der Waals surface area contributed by atoms with Crippen molar-refractivity contribution in [2.45, 2.75) is 6.54 Å². The van der Waals surface area contributed by atoms with Gasteiger partial charge in [0, 0.05) is 49.0 Å². The standard InChI is InChI=1S/C18H22BrN3O2/c1-23-16-4-5-17(24-2)14(11-16)13-21-7-9-22(10-8-21)18-6-3-15(19)12-20-18/h3-6,11-12H,7-10,13H2,1-2H3. The zero-order valence-corrected chi connectivity index (χ0v) is 15.6. The Morgan fingerprint density at radius 1 is 1.04 bits per heavy atom. The Labute approximate surface area is 151 Å². The van der Waals surface area contributed by atoms with Crippen molar-refractivity contribution in [2.24, 2.45) is 0 Å². The molecule has 6 heteroatoms. The number of halogens is 1. The van der Waals surface area contributed by atoms with E-state index in [1.165, 1.54) is 0 Å². The summed E-state index contributed by atoms with van der Waals surface area (Å²) in [6.45, 7) is 4.81. The van der Waals surface area contributed by atoms with Crippen LogP contribution in [0.2, 0.25) is 0 Å². The van der Waals surface area contributed by atoms with Gasteiger partial charge >= 0.3 is 0 Å². The first-order chi connectivity index (χ1) is 11.7. The Bertz CT molecular complexity index is 670. The Hall–Kier alpha value is -1.79. The van der Waals surface area contributed by atoms with Gasteiger partial charge in [0.05, 0.1) is 14.2 Å². The fourth-order valence-electron chi connectivity index (χ4n) is 2.94. The van der Waals surface area contributed by atoms with Crippen molar-refractivity contribution in [1.29, 1.82) is 0 Å². The van der Waals surface area contributed by atoms with Crippen LogP contribution in [0, 0.1) is 0 Å². The van der Waals surface area contributed by atoms with Crippen LogP contribution in [0.5, 0.6) is 11.5 Å². The fourth-order valence-corrected chi connectivity index (χ4v) is 3.17. The number of pyridine rings is 1. The van der Waals surface area contributed by atoms with Crippen LogP contribution in [-0.4, -0.2) is 50.3 Å². The molecule has 0 unspecified atom stereocenters. The molecular weight excluding hydrogens is 370 g/mol. The third-order valence-corrected chi connectivity index (χ3v) is 4.76. The van der Waals surface area contributed by atoms with Crippen molar-refractivity contribution < 1.29 is 9.47 Å². The highest BCUT2D eigenvalue weighted by Crippen LogP contribution is 2.26. The summed E-state index contributed by atoms with van der Waals surface area (Å²) in [5.41, 5.74) is 1.16. The molecule has 3 rings (SSSR count). The van der Waals surface area contributed by atoms with E-state index in [4.69, 9.17) is 9.47 Å². The number of piperazine rings is 1. The van der Waals surface area contributed by atoms with Crippen molar-refractivity contribution in [3.63, 3.8) is 0 Å². The number of aromatic nitrogens is 1. The number of hydrogen-bond donors (Lipinski definition) is 0. The zero-order valence-electron chi connectivity index (χ0n) is 14.0. The molecule has 1 saturated heterocycles. The Morgan fingerprint density at radius 2 is 1.83 bits per heavy atom. The van der Waals surface area contributed by atoms with Crippen LogP contribution in [0.15, 0.2) is 41.0 Å². The molecule has 0 amide bonds. The molecule has 0 radical (unpaired) electrons. The van der Waals surface area contributed by atoms with Gasteiger partial charge in [0.25, 0.3) is 0 Å². The van der Waals surface area contributed by atoms with E-state index in [1.54, 1.807) is 14.2 Å². The smallest absolute Gasteiger partial charge is 0.128 e. The van der Waals surface area contributed by atoms with Crippen LogP contribution in [-0.2, 0) is 6.54 Å². The Balaban J connectivity index is 1.62. The number of rotatable bonds is 5. The van der Waals surface area contributed by atoms with Crippen LogP contribution in [0.25, 0.3) is 0 Å². The van der Waals surface area contributed by atoms with Crippen molar-refractivity contribution in [1.82, 2.24) is 9.88 Å². The molecule has 128 valence electrons. The molecule has 1 fully saturated rings. The minimum absolute atomic E-state index is 0.863. The number of anilines is 1. The summed E-state index contributed by atoms with van der Waals surface area (Å²) < 4.78 is 11.8. The number of ether oxygens (including phenoxy) is 2. The van der Waals surface area contributed by atoms with Gasteiger partial charge in [-0.2, -0.15) is 0 Å². The van der Waals surface area contributed by atoms with Gasteiger partial charge < -0.3 is 14.4 Å². The molecule has 0 atom stereocenters. The van der Waals surface area contributed by atoms with E-state index in [0.717, 1.165) is 60.1 Å². The Kier molecular flexibility index (Phi) is 5.58. The summed E-state index contributed by atoms with van der Waals surface area (Å²) >= 11 is 3.43. The summed E-state index contributed by atoms with van der Waals surface area (Å²) in [4.78, 5) is 9.25. The first kappa shape index (κ1) is 17.0. The zero-order chi connectivity index (χ0) is 16.9. The number of methoxy groups -OCH3 is 2. The van der Waals surface area contributed by atoms with Gasteiger partial charge in [-0.1, -0.05) is 0 Å². The maximum Gasteiger partial charge on any atom is 0.128 e. The van der Waals surface area contributed by atoms with Crippen LogP contribution < -0.4 is 14.4 Å². The van der Waals surface area contributed by atoms with Gasteiger partial charge in [-0.3, -0.25) is 4.90 Å². The predicted octanol–water partition coefficient (Wildman–Crippen LogP) is 3.18. The molecule has 0 bridgehead atoms. The minimum atomic E-state index is 0.863. The summed E-state index contributed by atoms with van der Waals surface area (Å²) in [6.07, 6.45) is 1.85. The third kappa shape index (κ3) is 3.99. The average molecular weight is 392 g/mol. The molecule has 1 aromatic heterocycles. The summed E-state index contributed by atoms with van der Waals surface area (Å²) in [6, 6.07) is 10.1. The lowest BCUT2D eigenvalue weighted by Crippen LogP contribution is -2.46. The monoisotopic (exact) mass is 391 g/mol. The second-order valence-corrected chi connectivity index (χ2v) is 6.69. The van der Waals surface area contributed by atoms with E-state index >= 15 is 0 Å². The van der Waals surface area contributed by atoms with E-state index in [9.17, 15) is 0 Å². The lowest BCUT2D eigenvalue weighted by atomic mass is 10.1. The number of hydrogen-bond acceptors (Lipinski definition) is 5. The summed E-state index contributed by atoms with van der Waals surface area (Å²) in [5, 5.41) is 0. The molecule has 5 nitrogen and oxygen atoms in total. The highest BCUT2D eigenvalue weighted by atomic mass is 79.9. The maximum atomic E-state index is 5.48. The summed E-state index contributed by atoms with van der Waals surface area (Å²) in [7, 11) is 3.40. The largest absolute Gasteiger partial charge is 0.497 e. The van der Waals surface area contributed by atoms with Gasteiger partial charge in [-0.15, -0.1) is 0 Å². The molecule has 24 heavy (non-hydrogen) atoms. The number of nitrogens with zero attached hydrogens (tertiary/aromatic N) is 3. The highest BCUT2D eigenvalue weighted by molar-refractivity contribution is 9.10. The van der Waals surface area contributed by atoms with Crippen molar-refractivity contribution >= 4 is 21.7 Å². The van der Waals surface area contributed by atoms with Gasteiger partial charge in [0.1, 0.15) is 17.3 Å². The highest BCUT2D eigenvalue weighted by Gasteiger charge is 2.19. The fraction of sp³-hybridized carbons (Fsp3) is 0.389. The van der Waals surface area contributed by atoms with Crippen LogP contribution >= 0.6 is 15.9 Å². The van der Waals surface area contributed by atoms with E-state index in [2.05, 4.69) is 42.8 Å². The topological polar surface area (TPSA) is 37.8 Å². The number of benzene rings is 1. The summed E-state index contributed by atoms with van der Waals surface area (Å²) in [5.74, 6) is 2.81. The third-order valence-electron chi connectivity index (χ3n) is 4.29. The molecule has 0 N–H and O–H groups in total. The molecule has 0 spiro atoms. The molecule has 1 aliphatic rings. The van der Waals surface area contributed by atoms with Gasteiger partial charge in [0.15, 0.2) is 0 Å². The van der Waals surface area contributed by atoms with E-state index in [1.807, 2.05) is 24.4 Å². The second-order valence-electron chi connectivity index (χ2n) is 5.78. The predicted molar refractivity (Wildman–Crippen MR) is 99.0 cm³/mol. The quantitative estimate of drug-likeness (QED) is 0.782. The SMILES string of the molecule is COc1ccc(OC)c(CN2CCN(c3ccc(Br)cn3)CC2)c1. The average Bonchev–Trinajstić information content (AvgIpc) is 2.63. The van der Waals surface area contributed by atoms with Gasteiger partial charge in [-0.25, -0.2) is 4.98 Å². The lowest BCUT2D eigenvalue weighted by Gasteiger charge is -2.35. The second kappa shape index (κ2) is 7.85. The van der Waals surface area contributed by atoms with Crippen LogP contribution in [0.3, 0.4) is 0 Å². The minimum Gasteiger partial charge on any atom is -0.497 e. The maximum absolute atomic E-state index is 5.48. The Morgan fingerprint density at radius 3 is 2.46 bits per heavy atom. The molecule has 2 aromatic rings. The molecular formula is C18H22BrN3O2. The molecule has 1 aliphatic heterocycles. The first-order valence-electron chi connectivity index (χ1n) is 7.99. The van der Waals surface area contributed by atoms with Crippen molar-refractivity contribution in [2.75, 3.05) is 45.3 Å². The van der Waals surface area contributed by atoms with Gasteiger partial charge in [-0.05, 0) is 46.3 Å². The molecule has 2 heterocycles. The first-order valence-corrected chi connectivity index (χ1v) is 8.78. The lowest BCUT2D eigenvalue weighted by molar-refractivity contribution is 0.245. The molecule has 0 saturated carbocycles.